The molecule has 0 rings (SSSR count). The van der Waals surface area contributed by atoms with Crippen molar-refractivity contribution in [1.29, 1.82) is 0 Å². The third-order valence-corrected chi connectivity index (χ3v) is 8.68. The Morgan fingerprint density at radius 1 is 0.549 bits per heavy atom. The molecule has 2 amide bonds. The Morgan fingerprint density at radius 3 is 1.45 bits per heavy atom. The Kier molecular flexibility index (Phi) is 33.9. The highest BCUT2D eigenvalue weighted by atomic mass is 16.5. The van der Waals surface area contributed by atoms with Crippen LogP contribution in [0.25, 0.3) is 0 Å². The zero-order chi connectivity index (χ0) is 37.7. The maximum absolute atomic E-state index is 12.9. The molecule has 0 heterocycles. The number of nitrogens with one attached hydrogen (secondary N) is 2. The van der Waals surface area contributed by atoms with Gasteiger partial charge in [0.25, 0.3) is 5.91 Å². The lowest BCUT2D eigenvalue weighted by atomic mass is 10.1. The Morgan fingerprint density at radius 2 is 0.980 bits per heavy atom. The largest absolute Gasteiger partial charge is 0.464 e. The van der Waals surface area contributed by atoms with Crippen LogP contribution in [0.3, 0.4) is 0 Å². The van der Waals surface area contributed by atoms with E-state index < -0.39 is 12.0 Å². The van der Waals surface area contributed by atoms with Gasteiger partial charge in [-0.2, -0.15) is 0 Å². The zero-order valence-corrected chi connectivity index (χ0v) is 33.9. The first-order valence-electron chi connectivity index (χ1n) is 20.8. The highest BCUT2D eigenvalue weighted by Crippen LogP contribution is 2.10. The maximum atomic E-state index is 12.9. The fourth-order valence-electron chi connectivity index (χ4n) is 5.62. The van der Waals surface area contributed by atoms with E-state index in [2.05, 4.69) is 73.1 Å². The molecule has 294 valence electrons. The van der Waals surface area contributed by atoms with Crippen molar-refractivity contribution in [1.82, 2.24) is 10.6 Å². The predicted molar refractivity (Wildman–Crippen MR) is 218 cm³/mol. The van der Waals surface area contributed by atoms with Crippen LogP contribution in [-0.2, 0) is 19.1 Å². The van der Waals surface area contributed by atoms with Crippen LogP contribution in [0, 0.1) is 0 Å². The van der Waals surface area contributed by atoms with Gasteiger partial charge in [-0.1, -0.05) is 133 Å². The molecule has 0 aliphatic heterocycles. The van der Waals surface area contributed by atoms with Gasteiger partial charge in [0.15, 0.2) is 6.54 Å². The molecule has 0 spiro atoms. The summed E-state index contributed by atoms with van der Waals surface area (Å²) in [7, 11) is 5.81. The van der Waals surface area contributed by atoms with Gasteiger partial charge in [-0.3, -0.25) is 9.59 Å². The molecule has 0 aliphatic carbocycles. The molecule has 7 nitrogen and oxygen atoms in total. The number of carbonyl (C=O) groups excluding carboxylic acids is 3. The second kappa shape index (κ2) is 35.7. The van der Waals surface area contributed by atoms with Gasteiger partial charge in [-0.15, -0.1) is 0 Å². The molecular weight excluding hydrogens is 635 g/mol. The summed E-state index contributed by atoms with van der Waals surface area (Å²) in [5, 5.41) is 5.65. The number of nitrogens with zero attached hydrogens (tertiary/aromatic N) is 1. The molecule has 0 fully saturated rings. The van der Waals surface area contributed by atoms with E-state index in [1.807, 2.05) is 21.1 Å². The summed E-state index contributed by atoms with van der Waals surface area (Å²) < 4.78 is 6.04. The Balaban J connectivity index is 4.25. The number of hydrogen-bond donors (Lipinski definition) is 2. The monoisotopic (exact) mass is 715 g/mol. The van der Waals surface area contributed by atoms with Crippen molar-refractivity contribution in [3.8, 4) is 0 Å². The van der Waals surface area contributed by atoms with Gasteiger partial charge in [0.05, 0.1) is 27.7 Å². The van der Waals surface area contributed by atoms with Crippen molar-refractivity contribution in [3.63, 3.8) is 0 Å². The van der Waals surface area contributed by atoms with Crippen molar-refractivity contribution in [2.75, 3.05) is 40.8 Å². The van der Waals surface area contributed by atoms with Crippen molar-refractivity contribution < 1.29 is 23.6 Å². The van der Waals surface area contributed by atoms with E-state index in [4.69, 9.17) is 4.74 Å². The number of quaternary nitrogens is 1. The first-order valence-corrected chi connectivity index (χ1v) is 20.8. The second-order valence-corrected chi connectivity index (χ2v) is 15.1. The summed E-state index contributed by atoms with van der Waals surface area (Å²) in [5.41, 5.74) is 0. The summed E-state index contributed by atoms with van der Waals surface area (Å²) in [5.74, 6) is -0.804. The van der Waals surface area contributed by atoms with Crippen LogP contribution in [0.15, 0.2) is 48.6 Å². The average Bonchev–Trinajstić information content (AvgIpc) is 3.08. The van der Waals surface area contributed by atoms with Crippen LogP contribution in [0.5, 0.6) is 0 Å². The highest BCUT2D eigenvalue weighted by Gasteiger charge is 2.24. The fraction of sp³-hybridized carbons (Fsp3) is 0.750. The lowest BCUT2D eigenvalue weighted by Crippen LogP contribution is -2.51. The summed E-state index contributed by atoms with van der Waals surface area (Å²) in [4.78, 5) is 38.1. The van der Waals surface area contributed by atoms with Gasteiger partial charge < -0.3 is 19.9 Å². The van der Waals surface area contributed by atoms with Crippen LogP contribution < -0.4 is 10.6 Å². The molecule has 0 bridgehead atoms. The third kappa shape index (κ3) is 36.9. The van der Waals surface area contributed by atoms with Crippen molar-refractivity contribution >= 4 is 17.8 Å². The standard InChI is InChI=1S/C44H79N3O4/c1-6-8-10-12-14-16-18-20-22-24-26-28-30-32-34-36-38-51-44(50)41(39-45-43(49)40-47(3,4)5)46-42(48)37-35-33-31-29-27-25-23-21-19-17-15-13-11-9-7-2/h14-17,20-23,41H,6-13,18-19,24-40H2,1-5H3,(H-,45,46,48,49)/p+1. The first-order chi connectivity index (χ1) is 24.7. The Bertz CT molecular complexity index is 964. The average molecular weight is 715 g/mol. The van der Waals surface area contributed by atoms with Gasteiger partial charge in [0, 0.05) is 13.0 Å². The van der Waals surface area contributed by atoms with Gasteiger partial charge >= 0.3 is 5.97 Å². The van der Waals surface area contributed by atoms with Gasteiger partial charge in [-0.05, 0) is 77.0 Å². The second-order valence-electron chi connectivity index (χ2n) is 15.1. The Hall–Kier alpha value is -2.67. The topological polar surface area (TPSA) is 84.5 Å². The van der Waals surface area contributed by atoms with Crippen LogP contribution in [-0.4, -0.2) is 69.1 Å². The molecule has 0 aromatic carbocycles. The number of allylic oxidation sites excluding steroid dienone is 8. The quantitative estimate of drug-likeness (QED) is 0.0296. The van der Waals surface area contributed by atoms with E-state index in [1.165, 1.54) is 77.0 Å². The zero-order valence-electron chi connectivity index (χ0n) is 33.9. The molecule has 0 aromatic heterocycles. The van der Waals surface area contributed by atoms with Crippen molar-refractivity contribution in [3.05, 3.63) is 48.6 Å². The van der Waals surface area contributed by atoms with Crippen molar-refractivity contribution in [2.24, 2.45) is 0 Å². The minimum atomic E-state index is -0.878. The summed E-state index contributed by atoms with van der Waals surface area (Å²) in [6, 6.07) is -0.878. The SMILES string of the molecule is CCCCCC=CCC=CCCCCCCCCOC(=O)C(CNC(=O)C[N+](C)(C)C)NC(=O)CCCCCCCC=CCC=CCCCCC. The van der Waals surface area contributed by atoms with E-state index in [0.29, 0.717) is 17.5 Å². The number of unbranched alkanes of at least 4 members (excludes halogenated alkanes) is 17. The first kappa shape index (κ1) is 48.3. The van der Waals surface area contributed by atoms with Crippen LogP contribution >= 0.6 is 0 Å². The molecule has 1 unspecified atom stereocenters. The molecule has 7 heteroatoms. The molecular formula is C44H80N3O4+. The molecule has 0 aliphatic rings. The predicted octanol–water partition coefficient (Wildman–Crippen LogP) is 10.5. The van der Waals surface area contributed by atoms with Crippen LogP contribution in [0.2, 0.25) is 0 Å². The van der Waals surface area contributed by atoms with Crippen LogP contribution in [0.4, 0.5) is 0 Å². The highest BCUT2D eigenvalue weighted by molar-refractivity contribution is 5.85. The number of esters is 1. The third-order valence-electron chi connectivity index (χ3n) is 8.68. The smallest absolute Gasteiger partial charge is 0.330 e. The molecule has 0 aromatic rings. The lowest BCUT2D eigenvalue weighted by molar-refractivity contribution is -0.862. The number of ether oxygens (including phenoxy) is 1. The lowest BCUT2D eigenvalue weighted by Gasteiger charge is -2.24. The molecule has 51 heavy (non-hydrogen) atoms. The molecule has 2 N–H and O–H groups in total. The summed E-state index contributed by atoms with van der Waals surface area (Å²) >= 11 is 0. The summed E-state index contributed by atoms with van der Waals surface area (Å²) in [6.07, 6.45) is 44.8. The molecule has 0 saturated carbocycles. The van der Waals surface area contributed by atoms with E-state index in [-0.39, 0.29) is 24.9 Å². The fourth-order valence-corrected chi connectivity index (χ4v) is 5.62. The van der Waals surface area contributed by atoms with E-state index in [9.17, 15) is 14.4 Å². The number of hydrogen-bond acceptors (Lipinski definition) is 4. The molecule has 1 atom stereocenters. The number of likely N-dealkylation sites (N-methyl/N-ethyl adjacent to an activating group) is 1. The maximum Gasteiger partial charge on any atom is 0.330 e. The summed E-state index contributed by atoms with van der Waals surface area (Å²) in [6.45, 7) is 5.13. The minimum absolute atomic E-state index is 0.0370. The van der Waals surface area contributed by atoms with Gasteiger partial charge in [0.1, 0.15) is 6.04 Å². The number of rotatable bonds is 35. The van der Waals surface area contributed by atoms with Gasteiger partial charge in [0.2, 0.25) is 5.91 Å². The molecule has 0 radical (unpaired) electrons. The minimum Gasteiger partial charge on any atom is -0.464 e. The Labute approximate surface area is 314 Å². The molecule has 0 saturated heterocycles. The number of amides is 2. The van der Waals surface area contributed by atoms with E-state index >= 15 is 0 Å². The van der Waals surface area contributed by atoms with E-state index in [0.717, 1.165) is 70.6 Å². The van der Waals surface area contributed by atoms with E-state index in [1.54, 1.807) is 0 Å². The normalized spacial score (nSPS) is 12.8. The van der Waals surface area contributed by atoms with Crippen LogP contribution in [0.1, 0.15) is 168 Å². The van der Waals surface area contributed by atoms with Gasteiger partial charge in [-0.25, -0.2) is 4.79 Å². The number of carbonyl (C=O) groups is 3. The van der Waals surface area contributed by atoms with Crippen molar-refractivity contribution in [2.45, 2.75) is 174 Å².